The number of fused-ring (bicyclic) bond motifs is 1. The van der Waals surface area contributed by atoms with Gasteiger partial charge in [-0.15, -0.1) is 10.2 Å². The Hall–Kier alpha value is -3.74. The van der Waals surface area contributed by atoms with Gasteiger partial charge >= 0.3 is 0 Å². The van der Waals surface area contributed by atoms with Gasteiger partial charge in [-0.05, 0) is 31.9 Å². The highest BCUT2D eigenvalue weighted by molar-refractivity contribution is 6.08. The van der Waals surface area contributed by atoms with E-state index in [9.17, 15) is 4.79 Å². The molecule has 7 heteroatoms. The molecule has 0 radical (unpaired) electrons. The fraction of sp³-hybridized carbons (Fsp3) is 0.250. The van der Waals surface area contributed by atoms with E-state index in [1.807, 2.05) is 54.6 Å². The molecule has 3 heterocycles. The minimum Gasteiger partial charge on any atom is -0.360 e. The van der Waals surface area contributed by atoms with E-state index in [1.165, 1.54) is 6.42 Å². The monoisotopic (exact) mass is 413 g/mol. The molecule has 1 aliphatic rings. The zero-order chi connectivity index (χ0) is 21.2. The average molecular weight is 413 g/mol. The third-order valence-electron chi connectivity index (χ3n) is 5.63. The number of carbonyl (C=O) groups excluding carboxylic acids is 1. The Labute approximate surface area is 180 Å². The molecule has 2 aromatic carbocycles. The van der Waals surface area contributed by atoms with Crippen LogP contribution in [0.5, 0.6) is 0 Å². The molecular weight excluding hydrogens is 390 g/mol. The first kappa shape index (κ1) is 19.2. The first-order valence-electron chi connectivity index (χ1n) is 10.6. The van der Waals surface area contributed by atoms with Crippen molar-refractivity contribution in [1.29, 1.82) is 0 Å². The van der Waals surface area contributed by atoms with Crippen molar-refractivity contribution in [2.75, 3.05) is 5.32 Å². The molecule has 1 amide bonds. The molecule has 0 unspecified atom stereocenters. The van der Waals surface area contributed by atoms with Crippen molar-refractivity contribution in [2.24, 2.45) is 0 Å². The third kappa shape index (κ3) is 3.74. The Morgan fingerprint density at radius 2 is 1.84 bits per heavy atom. The molecule has 1 aliphatic heterocycles. The zero-order valence-electron chi connectivity index (χ0n) is 17.3. The normalized spacial score (nSPS) is 13.5. The van der Waals surface area contributed by atoms with E-state index in [0.29, 0.717) is 22.7 Å². The Balaban J connectivity index is 1.43. The molecule has 0 aliphatic carbocycles. The van der Waals surface area contributed by atoms with Gasteiger partial charge < -0.3 is 14.4 Å². The molecule has 1 N–H and O–H groups in total. The number of aromatic nitrogens is 4. The molecule has 0 bridgehead atoms. The molecule has 0 atom stereocenters. The summed E-state index contributed by atoms with van der Waals surface area (Å²) >= 11 is 0. The number of hydrogen-bond donors (Lipinski definition) is 1. The van der Waals surface area contributed by atoms with Crippen molar-refractivity contribution in [1.82, 2.24) is 19.9 Å². The van der Waals surface area contributed by atoms with Gasteiger partial charge in [0, 0.05) is 29.8 Å². The second-order valence-corrected chi connectivity index (χ2v) is 7.77. The fourth-order valence-electron chi connectivity index (χ4n) is 4.06. The van der Waals surface area contributed by atoms with E-state index in [2.05, 4.69) is 25.2 Å². The van der Waals surface area contributed by atoms with Crippen molar-refractivity contribution < 1.29 is 9.32 Å². The zero-order valence-corrected chi connectivity index (χ0v) is 17.3. The van der Waals surface area contributed by atoms with Crippen molar-refractivity contribution in [3.8, 4) is 22.6 Å². The maximum atomic E-state index is 13.1. The van der Waals surface area contributed by atoms with E-state index >= 15 is 0 Å². The van der Waals surface area contributed by atoms with Crippen molar-refractivity contribution in [3.63, 3.8) is 0 Å². The summed E-state index contributed by atoms with van der Waals surface area (Å²) < 4.78 is 7.53. The van der Waals surface area contributed by atoms with Gasteiger partial charge in [0.25, 0.3) is 5.91 Å². The van der Waals surface area contributed by atoms with Crippen LogP contribution in [0.4, 0.5) is 5.69 Å². The molecule has 0 spiro atoms. The molecule has 156 valence electrons. The lowest BCUT2D eigenvalue weighted by atomic mass is 10.1. The van der Waals surface area contributed by atoms with E-state index in [0.717, 1.165) is 48.6 Å². The number of carbonyl (C=O) groups is 1. The Bertz CT molecular complexity index is 1230. The molecule has 0 fully saturated rings. The highest BCUT2D eigenvalue weighted by atomic mass is 16.5. The predicted octanol–water partition coefficient (Wildman–Crippen LogP) is 4.89. The highest BCUT2D eigenvalue weighted by Crippen LogP contribution is 2.28. The summed E-state index contributed by atoms with van der Waals surface area (Å²) in [7, 11) is 0. The molecule has 31 heavy (non-hydrogen) atoms. The average Bonchev–Trinajstić information content (AvgIpc) is 3.30. The van der Waals surface area contributed by atoms with Crippen LogP contribution in [0.25, 0.3) is 22.6 Å². The van der Waals surface area contributed by atoms with Crippen LogP contribution in [0.15, 0.2) is 59.1 Å². The van der Waals surface area contributed by atoms with Crippen LogP contribution in [0.2, 0.25) is 0 Å². The first-order chi connectivity index (χ1) is 15.2. The van der Waals surface area contributed by atoms with Crippen molar-refractivity contribution in [2.45, 2.75) is 39.2 Å². The maximum absolute atomic E-state index is 13.1. The van der Waals surface area contributed by atoms with E-state index in [-0.39, 0.29) is 5.91 Å². The van der Waals surface area contributed by atoms with Crippen LogP contribution in [0, 0.1) is 6.92 Å². The van der Waals surface area contributed by atoms with Gasteiger partial charge in [0.05, 0.1) is 0 Å². The van der Waals surface area contributed by atoms with Crippen LogP contribution >= 0.6 is 0 Å². The van der Waals surface area contributed by atoms with Crippen LogP contribution < -0.4 is 5.32 Å². The van der Waals surface area contributed by atoms with Crippen molar-refractivity contribution in [3.05, 3.63) is 71.7 Å². The van der Waals surface area contributed by atoms with Gasteiger partial charge in [-0.25, -0.2) is 0 Å². The summed E-state index contributed by atoms with van der Waals surface area (Å²) in [5, 5.41) is 15.9. The number of nitrogens with one attached hydrogen (secondary N) is 1. The fourth-order valence-corrected chi connectivity index (χ4v) is 4.06. The second-order valence-electron chi connectivity index (χ2n) is 7.77. The molecule has 2 aromatic heterocycles. The number of amides is 1. The number of benzene rings is 2. The highest BCUT2D eigenvalue weighted by Gasteiger charge is 2.22. The second kappa shape index (κ2) is 8.18. The molecule has 4 aromatic rings. The molecule has 7 nitrogen and oxygen atoms in total. The third-order valence-corrected chi connectivity index (χ3v) is 5.63. The minimum absolute atomic E-state index is 0.255. The lowest BCUT2D eigenvalue weighted by Gasteiger charge is -2.10. The Morgan fingerprint density at radius 3 is 2.71 bits per heavy atom. The lowest BCUT2D eigenvalue weighted by molar-refractivity contribution is 0.102. The largest absolute Gasteiger partial charge is 0.360 e. The molecular formula is C24H23N5O2. The summed E-state index contributed by atoms with van der Waals surface area (Å²) in [6.45, 7) is 2.67. The topological polar surface area (TPSA) is 85.8 Å². The lowest BCUT2D eigenvalue weighted by Crippen LogP contribution is -2.13. The SMILES string of the molecule is Cc1onc(-c2ccccc2)c1C(=O)Nc1cccc(-c2nnc3n2CCCCC3)c1. The van der Waals surface area contributed by atoms with Gasteiger partial charge in [0.2, 0.25) is 0 Å². The standard InChI is InChI=1S/C24H23N5O2/c1-16-21(22(28-31-16)17-9-4-2-5-10-17)24(30)25-19-12-8-11-18(15-19)23-27-26-20-13-6-3-7-14-29(20)23/h2,4-5,8-12,15H,3,6-7,13-14H2,1H3,(H,25,30). The van der Waals surface area contributed by atoms with E-state index in [4.69, 9.17) is 4.52 Å². The first-order valence-corrected chi connectivity index (χ1v) is 10.6. The number of rotatable bonds is 4. The van der Waals surface area contributed by atoms with E-state index in [1.54, 1.807) is 6.92 Å². The van der Waals surface area contributed by atoms with Gasteiger partial charge in [0.1, 0.15) is 22.8 Å². The van der Waals surface area contributed by atoms with Crippen LogP contribution in [-0.4, -0.2) is 25.8 Å². The molecule has 0 saturated carbocycles. The van der Waals surface area contributed by atoms with Crippen LogP contribution in [-0.2, 0) is 13.0 Å². The Kier molecular flexibility index (Phi) is 5.08. The Morgan fingerprint density at radius 1 is 1.00 bits per heavy atom. The van der Waals surface area contributed by atoms with Gasteiger partial charge in [0.15, 0.2) is 5.82 Å². The van der Waals surface area contributed by atoms with Gasteiger partial charge in [-0.2, -0.15) is 0 Å². The smallest absolute Gasteiger partial charge is 0.261 e. The molecule has 5 rings (SSSR count). The predicted molar refractivity (Wildman–Crippen MR) is 118 cm³/mol. The summed E-state index contributed by atoms with van der Waals surface area (Å²) in [5.41, 5.74) is 3.43. The summed E-state index contributed by atoms with van der Waals surface area (Å²) in [6, 6.07) is 17.3. The van der Waals surface area contributed by atoms with Crippen molar-refractivity contribution >= 4 is 11.6 Å². The van der Waals surface area contributed by atoms with E-state index < -0.39 is 0 Å². The summed E-state index contributed by atoms with van der Waals surface area (Å²) in [5.74, 6) is 2.11. The summed E-state index contributed by atoms with van der Waals surface area (Å²) in [4.78, 5) is 13.1. The van der Waals surface area contributed by atoms with Crippen LogP contribution in [0.3, 0.4) is 0 Å². The summed E-state index contributed by atoms with van der Waals surface area (Å²) in [6.07, 6.45) is 4.44. The van der Waals surface area contributed by atoms with Gasteiger partial charge in [-0.1, -0.05) is 54.0 Å². The quantitative estimate of drug-likeness (QED) is 0.515. The number of aryl methyl sites for hydroxylation is 2. The maximum Gasteiger partial charge on any atom is 0.261 e. The molecule has 0 saturated heterocycles. The number of nitrogens with zero attached hydrogens (tertiary/aromatic N) is 4. The number of anilines is 1. The van der Waals surface area contributed by atoms with Crippen LogP contribution in [0.1, 0.15) is 41.2 Å². The van der Waals surface area contributed by atoms with Gasteiger partial charge in [-0.3, -0.25) is 4.79 Å². The minimum atomic E-state index is -0.255. The number of hydrogen-bond acceptors (Lipinski definition) is 5.